The maximum Gasteiger partial charge on any atom is 0.228 e. The molecule has 0 aliphatic carbocycles. The average molecular weight is 348 g/mol. The summed E-state index contributed by atoms with van der Waals surface area (Å²) < 4.78 is 0. The number of aryl methyl sites for hydroxylation is 3. The van der Waals surface area contributed by atoms with Gasteiger partial charge in [0.25, 0.3) is 0 Å². The molecule has 0 radical (unpaired) electrons. The van der Waals surface area contributed by atoms with Crippen LogP contribution in [-0.2, 0) is 0 Å². The molecule has 1 aliphatic rings. The van der Waals surface area contributed by atoms with Gasteiger partial charge in [-0.2, -0.15) is 0 Å². The van der Waals surface area contributed by atoms with Gasteiger partial charge in [0.2, 0.25) is 5.95 Å². The molecule has 132 valence electrons. The maximum atomic E-state index is 4.61. The van der Waals surface area contributed by atoms with Gasteiger partial charge in [-0.25, -0.2) is 29.9 Å². The zero-order valence-electron chi connectivity index (χ0n) is 15.0. The Morgan fingerprint density at radius 1 is 1.00 bits per heavy atom. The molecule has 1 aliphatic heterocycles. The Hall–Kier alpha value is -3.16. The summed E-state index contributed by atoms with van der Waals surface area (Å²) in [5.74, 6) is 3.31. The SMILES string of the molecule is Cc1cc(C)nc(Nc2cc(C3CN(c4ccncn4)C3)nc(C)n2)n1. The summed E-state index contributed by atoms with van der Waals surface area (Å²) in [6, 6.07) is 5.85. The molecule has 1 saturated heterocycles. The van der Waals surface area contributed by atoms with Crippen molar-refractivity contribution in [2.24, 2.45) is 0 Å². The smallest absolute Gasteiger partial charge is 0.228 e. The molecule has 0 spiro atoms. The Morgan fingerprint density at radius 2 is 1.77 bits per heavy atom. The van der Waals surface area contributed by atoms with Crippen molar-refractivity contribution in [3.63, 3.8) is 0 Å². The molecular formula is C18H20N8. The maximum absolute atomic E-state index is 4.61. The van der Waals surface area contributed by atoms with Crippen LogP contribution in [0.1, 0.15) is 28.8 Å². The molecule has 3 aromatic heterocycles. The number of aromatic nitrogens is 6. The van der Waals surface area contributed by atoms with Gasteiger partial charge in [-0.15, -0.1) is 0 Å². The van der Waals surface area contributed by atoms with Crippen LogP contribution < -0.4 is 10.2 Å². The summed E-state index contributed by atoms with van der Waals surface area (Å²) in [5, 5.41) is 3.21. The first-order valence-electron chi connectivity index (χ1n) is 8.53. The molecule has 0 unspecified atom stereocenters. The van der Waals surface area contributed by atoms with E-state index in [-0.39, 0.29) is 0 Å². The van der Waals surface area contributed by atoms with E-state index in [2.05, 4.69) is 40.1 Å². The van der Waals surface area contributed by atoms with E-state index in [0.717, 1.165) is 47.6 Å². The molecule has 8 nitrogen and oxygen atoms in total. The zero-order valence-corrected chi connectivity index (χ0v) is 15.0. The van der Waals surface area contributed by atoms with Gasteiger partial charge in [-0.3, -0.25) is 0 Å². The summed E-state index contributed by atoms with van der Waals surface area (Å²) in [4.78, 5) is 28.4. The molecule has 8 heteroatoms. The van der Waals surface area contributed by atoms with Gasteiger partial charge in [-0.05, 0) is 32.9 Å². The summed E-state index contributed by atoms with van der Waals surface area (Å²) in [7, 11) is 0. The fourth-order valence-electron chi connectivity index (χ4n) is 3.08. The number of nitrogens with zero attached hydrogens (tertiary/aromatic N) is 7. The molecule has 4 rings (SSSR count). The van der Waals surface area contributed by atoms with Crippen LogP contribution in [0.4, 0.5) is 17.6 Å². The van der Waals surface area contributed by atoms with Crippen molar-refractivity contribution >= 4 is 17.6 Å². The first kappa shape index (κ1) is 16.3. The van der Waals surface area contributed by atoms with Crippen molar-refractivity contribution in [2.75, 3.05) is 23.3 Å². The van der Waals surface area contributed by atoms with Crippen molar-refractivity contribution in [1.29, 1.82) is 0 Å². The molecule has 0 saturated carbocycles. The van der Waals surface area contributed by atoms with Gasteiger partial charge in [0, 0.05) is 42.7 Å². The molecule has 4 heterocycles. The van der Waals surface area contributed by atoms with E-state index in [9.17, 15) is 0 Å². The van der Waals surface area contributed by atoms with Gasteiger partial charge in [0.05, 0.1) is 5.69 Å². The largest absolute Gasteiger partial charge is 0.355 e. The second-order valence-corrected chi connectivity index (χ2v) is 6.49. The summed E-state index contributed by atoms with van der Waals surface area (Å²) >= 11 is 0. The fourth-order valence-corrected chi connectivity index (χ4v) is 3.08. The third kappa shape index (κ3) is 3.44. The Morgan fingerprint density at radius 3 is 2.46 bits per heavy atom. The van der Waals surface area contributed by atoms with Crippen molar-refractivity contribution in [3.8, 4) is 0 Å². The van der Waals surface area contributed by atoms with E-state index >= 15 is 0 Å². The quantitative estimate of drug-likeness (QED) is 0.768. The molecular weight excluding hydrogens is 328 g/mol. The first-order chi connectivity index (χ1) is 12.6. The minimum absolute atomic E-state index is 0.354. The second kappa shape index (κ2) is 6.62. The summed E-state index contributed by atoms with van der Waals surface area (Å²) in [6.07, 6.45) is 3.33. The van der Waals surface area contributed by atoms with Crippen LogP contribution in [-0.4, -0.2) is 43.0 Å². The van der Waals surface area contributed by atoms with Crippen LogP contribution in [0.15, 0.2) is 30.7 Å². The highest BCUT2D eigenvalue weighted by molar-refractivity contribution is 5.50. The van der Waals surface area contributed by atoms with Crippen molar-refractivity contribution in [3.05, 3.63) is 53.6 Å². The second-order valence-electron chi connectivity index (χ2n) is 6.49. The number of hydrogen-bond acceptors (Lipinski definition) is 8. The lowest BCUT2D eigenvalue weighted by molar-refractivity contribution is 0.507. The Bertz CT molecular complexity index is 901. The predicted molar refractivity (Wildman–Crippen MR) is 98.5 cm³/mol. The number of hydrogen-bond donors (Lipinski definition) is 1. The van der Waals surface area contributed by atoms with E-state index in [1.165, 1.54) is 0 Å². The molecule has 3 aromatic rings. The van der Waals surface area contributed by atoms with Crippen molar-refractivity contribution in [1.82, 2.24) is 29.9 Å². The van der Waals surface area contributed by atoms with Gasteiger partial charge in [-0.1, -0.05) is 0 Å². The third-order valence-electron chi connectivity index (χ3n) is 4.27. The molecule has 0 atom stereocenters. The number of rotatable bonds is 4. The summed E-state index contributed by atoms with van der Waals surface area (Å²) in [5.41, 5.74) is 2.87. The fraction of sp³-hybridized carbons (Fsp3) is 0.333. The highest BCUT2D eigenvalue weighted by Gasteiger charge is 2.30. The van der Waals surface area contributed by atoms with Gasteiger partial charge in [0.15, 0.2) is 0 Å². The molecule has 26 heavy (non-hydrogen) atoms. The minimum atomic E-state index is 0.354. The van der Waals surface area contributed by atoms with Crippen molar-refractivity contribution in [2.45, 2.75) is 26.7 Å². The standard InChI is InChI=1S/C18H20N8/c1-11-6-12(2)22-18(21-11)25-16-7-15(23-13(3)24-16)14-8-26(9-14)17-4-5-19-10-20-17/h4-7,10,14H,8-9H2,1-3H3,(H,21,22,23,24,25). The lowest BCUT2D eigenvalue weighted by Crippen LogP contribution is -2.45. The lowest BCUT2D eigenvalue weighted by Gasteiger charge is -2.39. The number of nitrogens with one attached hydrogen (secondary N) is 1. The molecule has 0 bridgehead atoms. The van der Waals surface area contributed by atoms with Crippen LogP contribution in [0, 0.1) is 20.8 Å². The third-order valence-corrected chi connectivity index (χ3v) is 4.27. The Kier molecular flexibility index (Phi) is 4.16. The van der Waals surface area contributed by atoms with Crippen LogP contribution in [0.3, 0.4) is 0 Å². The molecule has 0 amide bonds. The van der Waals surface area contributed by atoms with E-state index in [0.29, 0.717) is 11.9 Å². The van der Waals surface area contributed by atoms with Crippen molar-refractivity contribution < 1.29 is 0 Å². The van der Waals surface area contributed by atoms with Gasteiger partial charge >= 0.3 is 0 Å². The first-order valence-corrected chi connectivity index (χ1v) is 8.53. The molecule has 1 fully saturated rings. The lowest BCUT2D eigenvalue weighted by atomic mass is 9.96. The van der Waals surface area contributed by atoms with Gasteiger partial charge in [0.1, 0.15) is 23.8 Å². The monoisotopic (exact) mass is 348 g/mol. The summed E-state index contributed by atoms with van der Waals surface area (Å²) in [6.45, 7) is 7.57. The van der Waals surface area contributed by atoms with Crippen LogP contribution >= 0.6 is 0 Å². The normalized spacial score (nSPS) is 14.2. The average Bonchev–Trinajstić information content (AvgIpc) is 2.53. The Balaban J connectivity index is 1.50. The molecule has 1 N–H and O–H groups in total. The Labute approximate surface area is 151 Å². The van der Waals surface area contributed by atoms with E-state index in [1.54, 1.807) is 12.5 Å². The molecule has 0 aromatic carbocycles. The highest BCUT2D eigenvalue weighted by atomic mass is 15.2. The number of anilines is 3. The van der Waals surface area contributed by atoms with Crippen LogP contribution in [0.2, 0.25) is 0 Å². The minimum Gasteiger partial charge on any atom is -0.355 e. The van der Waals surface area contributed by atoms with Crippen LogP contribution in [0.25, 0.3) is 0 Å². The van der Waals surface area contributed by atoms with E-state index < -0.39 is 0 Å². The topological polar surface area (TPSA) is 92.6 Å². The zero-order chi connectivity index (χ0) is 18.1. The van der Waals surface area contributed by atoms with Gasteiger partial charge < -0.3 is 10.2 Å². The van der Waals surface area contributed by atoms with E-state index in [1.807, 2.05) is 39.0 Å². The predicted octanol–water partition coefficient (Wildman–Crippen LogP) is 2.33. The highest BCUT2D eigenvalue weighted by Crippen LogP contribution is 2.30. The van der Waals surface area contributed by atoms with Crippen LogP contribution in [0.5, 0.6) is 0 Å². The van der Waals surface area contributed by atoms with E-state index in [4.69, 9.17) is 0 Å².